The zero-order chi connectivity index (χ0) is 27.2. The zero-order valence-corrected chi connectivity index (χ0v) is 24.7. The molecule has 1 atom stereocenters. The van der Waals surface area contributed by atoms with Crippen LogP contribution in [0.1, 0.15) is 56.3 Å². The molecule has 2 aromatic carbocycles. The largest absolute Gasteiger partial charge is 0.493 e. The van der Waals surface area contributed by atoms with Crippen LogP contribution in [0, 0.1) is 6.92 Å². The quantitative estimate of drug-likeness (QED) is 0.192. The lowest BCUT2D eigenvalue weighted by Gasteiger charge is -2.28. The SMILES string of the molecule is CCCOC(=O)C1=C(C)Nc2nc(SCCC)nn2C1c1cc(Br)c(OCc2ccc(C)cc2)c(OC)c1. The number of nitrogens with one attached hydrogen (secondary N) is 1. The summed E-state index contributed by atoms with van der Waals surface area (Å²) in [6.45, 7) is 8.72. The van der Waals surface area contributed by atoms with Crippen molar-refractivity contribution in [2.75, 3.05) is 24.8 Å². The van der Waals surface area contributed by atoms with Crippen LogP contribution in [-0.4, -0.2) is 40.2 Å². The van der Waals surface area contributed by atoms with Gasteiger partial charge in [-0.25, -0.2) is 9.48 Å². The van der Waals surface area contributed by atoms with Crippen molar-refractivity contribution < 1.29 is 19.0 Å². The van der Waals surface area contributed by atoms with E-state index in [-0.39, 0.29) is 5.97 Å². The summed E-state index contributed by atoms with van der Waals surface area (Å²) in [6, 6.07) is 11.5. The Balaban J connectivity index is 1.74. The summed E-state index contributed by atoms with van der Waals surface area (Å²) in [5.41, 5.74) is 4.19. The molecule has 0 radical (unpaired) electrons. The van der Waals surface area contributed by atoms with E-state index in [1.807, 2.05) is 38.1 Å². The van der Waals surface area contributed by atoms with E-state index in [1.165, 1.54) is 5.56 Å². The Morgan fingerprint density at radius 1 is 1.16 bits per heavy atom. The molecule has 0 fully saturated rings. The Labute approximate surface area is 236 Å². The van der Waals surface area contributed by atoms with Crippen molar-refractivity contribution in [2.24, 2.45) is 0 Å². The standard InChI is InChI=1S/C28H33BrN4O4S/c1-6-12-36-26(34)23-18(4)30-27-31-28(38-13-7-2)32-33(27)24(23)20-14-21(29)25(22(15-20)35-5)37-16-19-10-8-17(3)9-11-19/h8-11,14-15,24H,6-7,12-13,16H2,1-5H3,(H,30,31,32). The first-order valence-corrected chi connectivity index (χ1v) is 14.4. The zero-order valence-electron chi connectivity index (χ0n) is 22.3. The molecule has 1 aromatic heterocycles. The summed E-state index contributed by atoms with van der Waals surface area (Å²) in [5, 5.41) is 8.66. The lowest BCUT2D eigenvalue weighted by molar-refractivity contribution is -0.139. The number of allylic oxidation sites excluding steroid dienone is 1. The fourth-order valence-electron chi connectivity index (χ4n) is 4.11. The highest BCUT2D eigenvalue weighted by Gasteiger charge is 2.36. The summed E-state index contributed by atoms with van der Waals surface area (Å²) in [7, 11) is 1.60. The number of esters is 1. The minimum Gasteiger partial charge on any atom is -0.493 e. The van der Waals surface area contributed by atoms with Gasteiger partial charge in [0.1, 0.15) is 12.6 Å². The lowest BCUT2D eigenvalue weighted by atomic mass is 9.95. The van der Waals surface area contributed by atoms with E-state index in [0.29, 0.717) is 51.6 Å². The number of carbonyl (C=O) groups is 1. The Morgan fingerprint density at radius 3 is 2.61 bits per heavy atom. The number of anilines is 1. The van der Waals surface area contributed by atoms with Crippen molar-refractivity contribution in [3.05, 3.63) is 68.8 Å². The molecule has 10 heteroatoms. The summed E-state index contributed by atoms with van der Waals surface area (Å²) < 4.78 is 19.9. The Bertz CT molecular complexity index is 1320. The number of thioether (sulfide) groups is 1. The molecule has 0 amide bonds. The normalized spacial score (nSPS) is 14.6. The van der Waals surface area contributed by atoms with Gasteiger partial charge in [-0.15, -0.1) is 5.10 Å². The molecular weight excluding hydrogens is 568 g/mol. The smallest absolute Gasteiger partial charge is 0.338 e. The van der Waals surface area contributed by atoms with Gasteiger partial charge in [0.05, 0.1) is 23.8 Å². The molecule has 1 aliphatic heterocycles. The second-order valence-electron chi connectivity index (χ2n) is 9.02. The van der Waals surface area contributed by atoms with Gasteiger partial charge >= 0.3 is 5.97 Å². The Hall–Kier alpha value is -2.98. The number of nitrogens with zero attached hydrogens (tertiary/aromatic N) is 3. The maximum absolute atomic E-state index is 13.3. The number of aryl methyl sites for hydroxylation is 1. The maximum atomic E-state index is 13.3. The van der Waals surface area contributed by atoms with Gasteiger partial charge in [0, 0.05) is 11.4 Å². The van der Waals surface area contributed by atoms with Crippen molar-refractivity contribution in [3.63, 3.8) is 0 Å². The number of methoxy groups -OCH3 is 1. The topological polar surface area (TPSA) is 87.5 Å². The van der Waals surface area contributed by atoms with Crippen LogP contribution in [0.3, 0.4) is 0 Å². The monoisotopic (exact) mass is 600 g/mol. The third-order valence-electron chi connectivity index (χ3n) is 6.00. The number of carbonyl (C=O) groups excluding carboxylic acids is 1. The minimum absolute atomic E-state index is 0.336. The number of rotatable bonds is 11. The Kier molecular flexibility index (Phi) is 9.38. The van der Waals surface area contributed by atoms with E-state index < -0.39 is 6.04 Å². The van der Waals surface area contributed by atoms with E-state index in [4.69, 9.17) is 19.3 Å². The van der Waals surface area contributed by atoms with Crippen LogP contribution in [0.2, 0.25) is 0 Å². The van der Waals surface area contributed by atoms with Gasteiger partial charge in [0.15, 0.2) is 11.5 Å². The van der Waals surface area contributed by atoms with Crippen molar-refractivity contribution in [3.8, 4) is 11.5 Å². The van der Waals surface area contributed by atoms with Gasteiger partial charge in [0.25, 0.3) is 0 Å². The van der Waals surface area contributed by atoms with Crippen molar-refractivity contribution in [1.29, 1.82) is 0 Å². The molecule has 3 aromatic rings. The van der Waals surface area contributed by atoms with E-state index in [2.05, 4.69) is 52.2 Å². The summed E-state index contributed by atoms with van der Waals surface area (Å²) >= 11 is 5.26. The second kappa shape index (κ2) is 12.7. The number of fused-ring (bicyclic) bond motifs is 1. The molecule has 8 nitrogen and oxygen atoms in total. The highest BCUT2D eigenvalue weighted by atomic mass is 79.9. The minimum atomic E-state index is -0.560. The molecule has 0 saturated carbocycles. The molecule has 0 spiro atoms. The third-order valence-corrected chi connectivity index (χ3v) is 7.63. The van der Waals surface area contributed by atoms with Crippen LogP contribution in [-0.2, 0) is 16.1 Å². The molecular formula is C28H33BrN4O4S. The summed E-state index contributed by atoms with van der Waals surface area (Å²) in [4.78, 5) is 17.9. The van der Waals surface area contributed by atoms with Crippen LogP contribution in [0.4, 0.5) is 5.95 Å². The van der Waals surface area contributed by atoms with Gasteiger partial charge in [0.2, 0.25) is 11.1 Å². The van der Waals surface area contributed by atoms with Crippen molar-refractivity contribution in [2.45, 2.75) is 58.3 Å². The van der Waals surface area contributed by atoms with Crippen molar-refractivity contribution in [1.82, 2.24) is 14.8 Å². The van der Waals surface area contributed by atoms with E-state index in [0.717, 1.165) is 29.7 Å². The number of hydrogen-bond donors (Lipinski definition) is 1. The van der Waals surface area contributed by atoms with Gasteiger partial charge in [-0.05, 0) is 65.9 Å². The Morgan fingerprint density at radius 2 is 1.92 bits per heavy atom. The van der Waals surface area contributed by atoms with E-state index in [1.54, 1.807) is 23.6 Å². The fourth-order valence-corrected chi connectivity index (χ4v) is 5.37. The molecule has 0 bridgehead atoms. The first-order chi connectivity index (χ1) is 18.4. The molecule has 0 saturated heterocycles. The highest BCUT2D eigenvalue weighted by Crippen LogP contribution is 2.43. The maximum Gasteiger partial charge on any atom is 0.338 e. The highest BCUT2D eigenvalue weighted by molar-refractivity contribution is 9.10. The number of hydrogen-bond acceptors (Lipinski definition) is 8. The van der Waals surface area contributed by atoms with Crippen LogP contribution < -0.4 is 14.8 Å². The number of benzene rings is 2. The van der Waals surface area contributed by atoms with Gasteiger partial charge in [-0.1, -0.05) is 55.4 Å². The van der Waals surface area contributed by atoms with Crippen LogP contribution in [0.15, 0.2) is 57.3 Å². The predicted octanol–water partition coefficient (Wildman–Crippen LogP) is 6.68. The van der Waals surface area contributed by atoms with Gasteiger partial charge in [-0.2, -0.15) is 4.98 Å². The predicted molar refractivity (Wildman–Crippen MR) is 153 cm³/mol. The van der Waals surface area contributed by atoms with E-state index in [9.17, 15) is 4.79 Å². The number of halogens is 1. The molecule has 202 valence electrons. The summed E-state index contributed by atoms with van der Waals surface area (Å²) in [6.07, 6.45) is 1.74. The van der Waals surface area contributed by atoms with Gasteiger partial charge < -0.3 is 19.5 Å². The third kappa shape index (κ3) is 6.18. The molecule has 2 heterocycles. The molecule has 1 aliphatic rings. The average molecular weight is 602 g/mol. The van der Waals surface area contributed by atoms with Gasteiger partial charge in [-0.3, -0.25) is 0 Å². The number of ether oxygens (including phenoxy) is 3. The van der Waals surface area contributed by atoms with Crippen LogP contribution in [0.5, 0.6) is 11.5 Å². The average Bonchev–Trinajstić information content (AvgIpc) is 3.31. The van der Waals surface area contributed by atoms with Crippen molar-refractivity contribution >= 4 is 39.6 Å². The van der Waals surface area contributed by atoms with Crippen LogP contribution in [0.25, 0.3) is 0 Å². The van der Waals surface area contributed by atoms with E-state index >= 15 is 0 Å². The summed E-state index contributed by atoms with van der Waals surface area (Å²) in [5.74, 6) is 2.22. The molecule has 0 aliphatic carbocycles. The number of aromatic nitrogens is 3. The molecule has 1 N–H and O–H groups in total. The molecule has 1 unspecified atom stereocenters. The lowest BCUT2D eigenvalue weighted by Crippen LogP contribution is -2.30. The second-order valence-corrected chi connectivity index (χ2v) is 10.9. The van der Waals surface area contributed by atoms with Crippen LogP contribution >= 0.6 is 27.7 Å². The molecule has 4 rings (SSSR count). The first kappa shape index (κ1) is 28.0. The first-order valence-electron chi connectivity index (χ1n) is 12.7. The molecule has 38 heavy (non-hydrogen) atoms. The fraction of sp³-hybridized carbons (Fsp3) is 0.393.